The van der Waals surface area contributed by atoms with Crippen molar-refractivity contribution in [2.45, 2.75) is 32.6 Å². The van der Waals surface area contributed by atoms with Crippen LogP contribution in [0.3, 0.4) is 0 Å². The lowest BCUT2D eigenvalue weighted by Gasteiger charge is -2.07. The van der Waals surface area contributed by atoms with Gasteiger partial charge >= 0.3 is 0 Å². The standard InChI is InChI=1S/C15H15N3/c1-11-6-8-12(9-7-11)18-15(10-16)13-4-2-3-5-14(13)17-18/h6-9H,2-5H2,1H3. The zero-order chi connectivity index (χ0) is 12.5. The monoisotopic (exact) mass is 237 g/mol. The van der Waals surface area contributed by atoms with Gasteiger partial charge in [0.15, 0.2) is 0 Å². The molecule has 0 fully saturated rings. The molecule has 0 saturated heterocycles. The van der Waals surface area contributed by atoms with E-state index in [0.717, 1.165) is 29.8 Å². The smallest absolute Gasteiger partial charge is 0.147 e. The van der Waals surface area contributed by atoms with Crippen molar-refractivity contribution in [3.63, 3.8) is 0 Å². The molecule has 1 aromatic heterocycles. The Labute approximate surface area is 107 Å². The molecule has 0 aliphatic heterocycles. The topological polar surface area (TPSA) is 41.6 Å². The Hall–Kier alpha value is -2.08. The SMILES string of the molecule is Cc1ccc(-n2nc3c(c2C#N)CCCC3)cc1. The average Bonchev–Trinajstić information content (AvgIpc) is 2.78. The second-order valence-electron chi connectivity index (χ2n) is 4.84. The molecule has 3 heteroatoms. The van der Waals surface area contributed by atoms with Gasteiger partial charge in [0, 0.05) is 5.56 Å². The minimum Gasteiger partial charge on any atom is -0.222 e. The van der Waals surface area contributed by atoms with E-state index in [-0.39, 0.29) is 0 Å². The molecule has 1 aliphatic carbocycles. The number of rotatable bonds is 1. The summed E-state index contributed by atoms with van der Waals surface area (Å²) in [5.41, 5.74) is 5.18. The number of nitriles is 1. The van der Waals surface area contributed by atoms with Gasteiger partial charge in [0.1, 0.15) is 11.8 Å². The fraction of sp³-hybridized carbons (Fsp3) is 0.333. The van der Waals surface area contributed by atoms with E-state index >= 15 is 0 Å². The summed E-state index contributed by atoms with van der Waals surface area (Å²) in [6.07, 6.45) is 4.34. The van der Waals surface area contributed by atoms with Crippen LogP contribution < -0.4 is 0 Å². The second-order valence-corrected chi connectivity index (χ2v) is 4.84. The quantitative estimate of drug-likeness (QED) is 0.765. The first-order chi connectivity index (χ1) is 8.79. The van der Waals surface area contributed by atoms with Crippen molar-refractivity contribution in [1.29, 1.82) is 5.26 Å². The summed E-state index contributed by atoms with van der Waals surface area (Å²) < 4.78 is 1.80. The lowest BCUT2D eigenvalue weighted by Crippen LogP contribution is -2.01. The van der Waals surface area contributed by atoms with Gasteiger partial charge in [-0.1, -0.05) is 17.7 Å². The van der Waals surface area contributed by atoms with Crippen molar-refractivity contribution >= 4 is 0 Å². The van der Waals surface area contributed by atoms with Gasteiger partial charge in [-0.25, -0.2) is 4.68 Å². The lowest BCUT2D eigenvalue weighted by atomic mass is 9.96. The van der Waals surface area contributed by atoms with Crippen molar-refractivity contribution in [1.82, 2.24) is 9.78 Å². The maximum atomic E-state index is 9.37. The van der Waals surface area contributed by atoms with E-state index in [1.807, 2.05) is 12.1 Å². The summed E-state index contributed by atoms with van der Waals surface area (Å²) in [6, 6.07) is 10.5. The van der Waals surface area contributed by atoms with Gasteiger partial charge in [0.25, 0.3) is 0 Å². The molecule has 18 heavy (non-hydrogen) atoms. The van der Waals surface area contributed by atoms with Crippen molar-refractivity contribution in [3.8, 4) is 11.8 Å². The zero-order valence-electron chi connectivity index (χ0n) is 10.5. The van der Waals surface area contributed by atoms with E-state index in [4.69, 9.17) is 0 Å². The molecule has 1 heterocycles. The number of hydrogen-bond acceptors (Lipinski definition) is 2. The van der Waals surface area contributed by atoms with Gasteiger partial charge in [0.05, 0.1) is 11.4 Å². The summed E-state index contributed by atoms with van der Waals surface area (Å²) >= 11 is 0. The highest BCUT2D eigenvalue weighted by Gasteiger charge is 2.20. The van der Waals surface area contributed by atoms with Gasteiger partial charge in [-0.05, 0) is 44.7 Å². The van der Waals surface area contributed by atoms with E-state index < -0.39 is 0 Å². The maximum absolute atomic E-state index is 9.37. The average molecular weight is 237 g/mol. The number of aryl methyl sites for hydroxylation is 2. The van der Waals surface area contributed by atoms with Crippen LogP contribution in [0.4, 0.5) is 0 Å². The van der Waals surface area contributed by atoms with Crippen molar-refractivity contribution in [3.05, 3.63) is 46.8 Å². The number of benzene rings is 1. The molecule has 2 aromatic rings. The Kier molecular flexibility index (Phi) is 2.64. The first-order valence-electron chi connectivity index (χ1n) is 6.37. The molecule has 1 aromatic carbocycles. The first kappa shape index (κ1) is 11.0. The highest BCUT2D eigenvalue weighted by molar-refractivity contribution is 5.44. The molecule has 0 radical (unpaired) electrons. The van der Waals surface area contributed by atoms with Crippen LogP contribution in [0, 0.1) is 18.3 Å². The maximum Gasteiger partial charge on any atom is 0.147 e. The van der Waals surface area contributed by atoms with Crippen LogP contribution in [0.2, 0.25) is 0 Å². The highest BCUT2D eigenvalue weighted by atomic mass is 15.3. The Bertz CT molecular complexity index is 614. The van der Waals surface area contributed by atoms with Crippen LogP contribution >= 0.6 is 0 Å². The summed E-state index contributed by atoms with van der Waals surface area (Å²) in [5.74, 6) is 0. The zero-order valence-corrected chi connectivity index (χ0v) is 10.5. The van der Waals surface area contributed by atoms with Crippen molar-refractivity contribution in [2.75, 3.05) is 0 Å². The second kappa shape index (κ2) is 4.30. The molecule has 3 rings (SSSR count). The van der Waals surface area contributed by atoms with E-state index in [2.05, 4.69) is 30.2 Å². The number of nitrogens with zero attached hydrogens (tertiary/aromatic N) is 3. The van der Waals surface area contributed by atoms with Crippen LogP contribution in [0.5, 0.6) is 0 Å². The normalized spacial score (nSPS) is 14.0. The Morgan fingerprint density at radius 2 is 1.89 bits per heavy atom. The van der Waals surface area contributed by atoms with Crippen LogP contribution in [0.25, 0.3) is 5.69 Å². The fourth-order valence-electron chi connectivity index (χ4n) is 2.54. The van der Waals surface area contributed by atoms with E-state index in [0.29, 0.717) is 5.69 Å². The summed E-state index contributed by atoms with van der Waals surface area (Å²) in [6.45, 7) is 2.06. The Morgan fingerprint density at radius 1 is 1.17 bits per heavy atom. The van der Waals surface area contributed by atoms with Crippen molar-refractivity contribution in [2.24, 2.45) is 0 Å². The number of hydrogen-bond donors (Lipinski definition) is 0. The molecule has 90 valence electrons. The third-order valence-corrected chi connectivity index (χ3v) is 3.54. The van der Waals surface area contributed by atoms with Crippen LogP contribution in [0.15, 0.2) is 24.3 Å². The van der Waals surface area contributed by atoms with Crippen LogP contribution in [0.1, 0.15) is 35.4 Å². The van der Waals surface area contributed by atoms with E-state index in [1.54, 1.807) is 4.68 Å². The fourth-order valence-corrected chi connectivity index (χ4v) is 2.54. The van der Waals surface area contributed by atoms with Gasteiger partial charge in [-0.15, -0.1) is 0 Å². The first-order valence-corrected chi connectivity index (χ1v) is 6.37. The predicted octanol–water partition coefficient (Wildman–Crippen LogP) is 2.93. The molecule has 3 nitrogen and oxygen atoms in total. The van der Waals surface area contributed by atoms with E-state index in [1.165, 1.54) is 18.4 Å². The lowest BCUT2D eigenvalue weighted by molar-refractivity contribution is 0.671. The predicted molar refractivity (Wildman–Crippen MR) is 69.7 cm³/mol. The Balaban J connectivity index is 2.15. The minimum atomic E-state index is 0.716. The van der Waals surface area contributed by atoms with Gasteiger partial charge in [-0.2, -0.15) is 10.4 Å². The van der Waals surface area contributed by atoms with Crippen LogP contribution in [-0.4, -0.2) is 9.78 Å². The summed E-state index contributed by atoms with van der Waals surface area (Å²) in [4.78, 5) is 0. The number of fused-ring (bicyclic) bond motifs is 1. The molecule has 0 spiro atoms. The molecule has 0 N–H and O–H groups in total. The molecule has 0 atom stereocenters. The van der Waals surface area contributed by atoms with Crippen molar-refractivity contribution < 1.29 is 0 Å². The molecule has 0 amide bonds. The largest absolute Gasteiger partial charge is 0.222 e. The number of aromatic nitrogens is 2. The minimum absolute atomic E-state index is 0.716. The molecular formula is C15H15N3. The summed E-state index contributed by atoms with van der Waals surface area (Å²) in [7, 11) is 0. The molecule has 1 aliphatic rings. The van der Waals surface area contributed by atoms with Gasteiger partial charge in [-0.3, -0.25) is 0 Å². The molecule has 0 unspecified atom stereocenters. The summed E-state index contributed by atoms with van der Waals surface area (Å²) in [5, 5.41) is 14.0. The van der Waals surface area contributed by atoms with Gasteiger partial charge in [0.2, 0.25) is 0 Å². The molecule has 0 saturated carbocycles. The Morgan fingerprint density at radius 3 is 2.61 bits per heavy atom. The molecular weight excluding hydrogens is 222 g/mol. The third-order valence-electron chi connectivity index (χ3n) is 3.54. The van der Waals surface area contributed by atoms with Crippen LogP contribution in [-0.2, 0) is 12.8 Å². The highest BCUT2D eigenvalue weighted by Crippen LogP contribution is 2.25. The molecule has 0 bridgehead atoms. The van der Waals surface area contributed by atoms with E-state index in [9.17, 15) is 5.26 Å². The van der Waals surface area contributed by atoms with Gasteiger partial charge < -0.3 is 0 Å². The third kappa shape index (κ3) is 1.70.